The van der Waals surface area contributed by atoms with Gasteiger partial charge in [0.1, 0.15) is 6.04 Å². The third kappa shape index (κ3) is 2.18. The van der Waals surface area contributed by atoms with E-state index in [2.05, 4.69) is 12.3 Å². The SMILES string of the molecule is CCOC(=O)[C@H](N)c1cccc2c(C)csc12. The van der Waals surface area contributed by atoms with Crippen molar-refractivity contribution in [1.29, 1.82) is 0 Å². The van der Waals surface area contributed by atoms with Crippen molar-refractivity contribution in [2.45, 2.75) is 19.9 Å². The van der Waals surface area contributed by atoms with Crippen LogP contribution >= 0.6 is 11.3 Å². The highest BCUT2D eigenvalue weighted by Gasteiger charge is 2.20. The van der Waals surface area contributed by atoms with Crippen molar-refractivity contribution in [3.05, 3.63) is 34.7 Å². The highest BCUT2D eigenvalue weighted by molar-refractivity contribution is 7.17. The molecule has 1 aromatic carbocycles. The van der Waals surface area contributed by atoms with Crippen LogP contribution in [-0.2, 0) is 9.53 Å². The van der Waals surface area contributed by atoms with Crippen molar-refractivity contribution >= 4 is 27.4 Å². The summed E-state index contributed by atoms with van der Waals surface area (Å²) in [6.45, 7) is 4.19. The molecule has 2 aromatic rings. The zero-order chi connectivity index (χ0) is 12.4. The predicted octanol–water partition coefficient (Wildman–Crippen LogP) is 2.77. The summed E-state index contributed by atoms with van der Waals surface area (Å²) in [4.78, 5) is 11.7. The number of esters is 1. The highest BCUT2D eigenvalue weighted by Crippen LogP contribution is 2.31. The van der Waals surface area contributed by atoms with Crippen LogP contribution in [0.4, 0.5) is 0 Å². The van der Waals surface area contributed by atoms with E-state index in [1.54, 1.807) is 18.3 Å². The van der Waals surface area contributed by atoms with Crippen LogP contribution in [0.3, 0.4) is 0 Å². The number of hydrogen-bond acceptors (Lipinski definition) is 4. The van der Waals surface area contributed by atoms with E-state index < -0.39 is 6.04 Å². The zero-order valence-electron chi connectivity index (χ0n) is 9.90. The van der Waals surface area contributed by atoms with Gasteiger partial charge in [0, 0.05) is 4.70 Å². The largest absolute Gasteiger partial charge is 0.465 e. The van der Waals surface area contributed by atoms with Crippen LogP contribution in [0.5, 0.6) is 0 Å². The monoisotopic (exact) mass is 249 g/mol. The minimum Gasteiger partial charge on any atom is -0.465 e. The lowest BCUT2D eigenvalue weighted by molar-refractivity contribution is -0.144. The van der Waals surface area contributed by atoms with Gasteiger partial charge in [-0.1, -0.05) is 18.2 Å². The number of aryl methyl sites for hydroxylation is 1. The fourth-order valence-electron chi connectivity index (χ4n) is 1.81. The van der Waals surface area contributed by atoms with Gasteiger partial charge in [-0.2, -0.15) is 0 Å². The molecule has 3 nitrogen and oxygen atoms in total. The summed E-state index contributed by atoms with van der Waals surface area (Å²) in [5, 5.41) is 3.23. The molecule has 90 valence electrons. The van der Waals surface area contributed by atoms with Crippen molar-refractivity contribution in [3.63, 3.8) is 0 Å². The molecule has 1 heterocycles. The topological polar surface area (TPSA) is 52.3 Å². The summed E-state index contributed by atoms with van der Waals surface area (Å²) < 4.78 is 6.03. The van der Waals surface area contributed by atoms with Crippen molar-refractivity contribution in [1.82, 2.24) is 0 Å². The third-order valence-corrected chi connectivity index (χ3v) is 3.86. The number of carbonyl (C=O) groups excluding carboxylic acids is 1. The number of hydrogen-bond donors (Lipinski definition) is 1. The Balaban J connectivity index is 2.45. The van der Waals surface area contributed by atoms with Crippen LogP contribution in [0.1, 0.15) is 24.1 Å². The van der Waals surface area contributed by atoms with Crippen LogP contribution in [-0.4, -0.2) is 12.6 Å². The standard InChI is InChI=1S/C13H15NO2S/c1-3-16-13(15)11(14)10-6-4-5-9-8(2)7-17-12(9)10/h4-7,11H,3,14H2,1-2H3/t11-/m1/s1. The van der Waals surface area contributed by atoms with Crippen molar-refractivity contribution in [2.24, 2.45) is 5.73 Å². The van der Waals surface area contributed by atoms with Gasteiger partial charge in [-0.25, -0.2) is 4.79 Å². The first-order valence-electron chi connectivity index (χ1n) is 5.54. The average molecular weight is 249 g/mol. The molecule has 1 atom stereocenters. The Morgan fingerprint density at radius 2 is 2.29 bits per heavy atom. The van der Waals surface area contributed by atoms with E-state index in [4.69, 9.17) is 10.5 Å². The molecule has 0 fully saturated rings. The van der Waals surface area contributed by atoms with E-state index >= 15 is 0 Å². The molecule has 0 aliphatic heterocycles. The maximum atomic E-state index is 11.7. The van der Waals surface area contributed by atoms with Gasteiger partial charge in [0.05, 0.1) is 6.61 Å². The van der Waals surface area contributed by atoms with Gasteiger partial charge in [0.15, 0.2) is 0 Å². The van der Waals surface area contributed by atoms with E-state index in [0.717, 1.165) is 15.6 Å². The minimum absolute atomic E-state index is 0.353. The molecule has 0 spiro atoms. The number of ether oxygens (including phenoxy) is 1. The lowest BCUT2D eigenvalue weighted by Crippen LogP contribution is -2.23. The summed E-state index contributed by atoms with van der Waals surface area (Å²) in [6.07, 6.45) is 0. The second-order valence-corrected chi connectivity index (χ2v) is 4.75. The maximum absolute atomic E-state index is 11.7. The second kappa shape index (κ2) is 4.85. The highest BCUT2D eigenvalue weighted by atomic mass is 32.1. The Bertz CT molecular complexity index is 547. The van der Waals surface area contributed by atoms with Crippen LogP contribution < -0.4 is 5.73 Å². The Kier molecular flexibility index (Phi) is 3.45. The first-order valence-corrected chi connectivity index (χ1v) is 6.42. The van der Waals surface area contributed by atoms with Gasteiger partial charge in [-0.15, -0.1) is 11.3 Å². The summed E-state index contributed by atoms with van der Waals surface area (Å²) in [7, 11) is 0. The molecular weight excluding hydrogens is 234 g/mol. The van der Waals surface area contributed by atoms with E-state index in [9.17, 15) is 4.79 Å². The minimum atomic E-state index is -0.698. The van der Waals surface area contributed by atoms with Gasteiger partial charge in [-0.05, 0) is 35.7 Å². The quantitative estimate of drug-likeness (QED) is 0.851. The van der Waals surface area contributed by atoms with Crippen LogP contribution in [0.15, 0.2) is 23.6 Å². The number of benzene rings is 1. The predicted molar refractivity (Wildman–Crippen MR) is 70.1 cm³/mol. The second-order valence-electron chi connectivity index (χ2n) is 3.87. The fourth-order valence-corrected chi connectivity index (χ4v) is 2.92. The van der Waals surface area contributed by atoms with Crippen molar-refractivity contribution < 1.29 is 9.53 Å². The molecule has 0 saturated heterocycles. The lowest BCUT2D eigenvalue weighted by atomic mass is 10.0. The average Bonchev–Trinajstić information content (AvgIpc) is 2.71. The van der Waals surface area contributed by atoms with E-state index in [1.807, 2.05) is 18.2 Å². The van der Waals surface area contributed by atoms with E-state index in [-0.39, 0.29) is 5.97 Å². The number of carbonyl (C=O) groups is 1. The summed E-state index contributed by atoms with van der Waals surface area (Å²) in [6, 6.07) is 5.16. The molecule has 2 rings (SSSR count). The molecule has 0 aliphatic carbocycles. The molecule has 17 heavy (non-hydrogen) atoms. The number of rotatable bonds is 3. The molecule has 0 amide bonds. The molecule has 2 N–H and O–H groups in total. The van der Waals surface area contributed by atoms with E-state index in [0.29, 0.717) is 6.61 Å². The van der Waals surface area contributed by atoms with Gasteiger partial charge < -0.3 is 10.5 Å². The lowest BCUT2D eigenvalue weighted by Gasteiger charge is -2.11. The normalized spacial score (nSPS) is 12.6. The van der Waals surface area contributed by atoms with Crippen molar-refractivity contribution in [2.75, 3.05) is 6.61 Å². The molecule has 0 bridgehead atoms. The first-order chi connectivity index (χ1) is 8.15. The van der Waals surface area contributed by atoms with Gasteiger partial charge in [0.25, 0.3) is 0 Å². The Morgan fingerprint density at radius 3 is 3.00 bits per heavy atom. The molecule has 0 radical (unpaired) electrons. The zero-order valence-corrected chi connectivity index (χ0v) is 10.7. The molecule has 0 aliphatic rings. The molecule has 0 saturated carbocycles. The Hall–Kier alpha value is -1.39. The molecular formula is C13H15NO2S. The number of fused-ring (bicyclic) bond motifs is 1. The van der Waals surface area contributed by atoms with Crippen LogP contribution in [0.25, 0.3) is 10.1 Å². The van der Waals surface area contributed by atoms with Crippen LogP contribution in [0, 0.1) is 6.92 Å². The van der Waals surface area contributed by atoms with E-state index in [1.165, 1.54) is 5.56 Å². The van der Waals surface area contributed by atoms with Crippen molar-refractivity contribution in [3.8, 4) is 0 Å². The maximum Gasteiger partial charge on any atom is 0.327 e. The molecule has 4 heteroatoms. The summed E-state index contributed by atoms with van der Waals surface area (Å²) in [5.74, 6) is -0.369. The smallest absolute Gasteiger partial charge is 0.327 e. The van der Waals surface area contributed by atoms with Crippen LogP contribution in [0.2, 0.25) is 0 Å². The first kappa shape index (κ1) is 12.1. The molecule has 1 aromatic heterocycles. The summed E-state index contributed by atoms with van der Waals surface area (Å²) >= 11 is 1.62. The fraction of sp³-hybridized carbons (Fsp3) is 0.308. The van der Waals surface area contributed by atoms with Gasteiger partial charge in [-0.3, -0.25) is 0 Å². The summed E-state index contributed by atoms with van der Waals surface area (Å²) in [5.41, 5.74) is 7.99. The van der Waals surface area contributed by atoms with Gasteiger partial charge >= 0.3 is 5.97 Å². The van der Waals surface area contributed by atoms with Gasteiger partial charge in [0.2, 0.25) is 0 Å². The third-order valence-electron chi connectivity index (χ3n) is 2.70. The number of thiophene rings is 1. The number of nitrogens with two attached hydrogens (primary N) is 1. The Morgan fingerprint density at radius 1 is 1.53 bits per heavy atom. The molecule has 0 unspecified atom stereocenters. The Labute approximate surface area is 104 Å².